The van der Waals surface area contributed by atoms with Crippen molar-refractivity contribution in [2.45, 2.75) is 26.3 Å². The average Bonchev–Trinajstić information content (AvgIpc) is 3.42. The Kier molecular flexibility index (Phi) is 6.08. The minimum atomic E-state index is -0.267. The molecule has 2 aromatic carbocycles. The fraction of sp³-hybridized carbons (Fsp3) is 0.217. The number of amides is 1. The van der Waals surface area contributed by atoms with E-state index in [2.05, 4.69) is 15.5 Å². The molecule has 0 spiro atoms. The van der Waals surface area contributed by atoms with Crippen LogP contribution in [0, 0.1) is 0 Å². The molecule has 0 radical (unpaired) electrons. The molecule has 2 heterocycles. The largest absolute Gasteiger partial charge is 0.497 e. The van der Waals surface area contributed by atoms with Gasteiger partial charge >= 0.3 is 0 Å². The maximum absolute atomic E-state index is 13.1. The highest BCUT2D eigenvalue weighted by Gasteiger charge is 2.20. The summed E-state index contributed by atoms with van der Waals surface area (Å²) in [6.07, 6.45) is 1.77. The Morgan fingerprint density at radius 2 is 1.84 bits per heavy atom. The Morgan fingerprint density at radius 1 is 1.10 bits per heavy atom. The van der Waals surface area contributed by atoms with Crippen LogP contribution in [-0.4, -0.2) is 33.0 Å². The summed E-state index contributed by atoms with van der Waals surface area (Å²) in [5.74, 6) is 0.733. The molecule has 0 saturated carbocycles. The molecule has 0 fully saturated rings. The molecule has 31 heavy (non-hydrogen) atoms. The molecule has 2 aromatic heterocycles. The van der Waals surface area contributed by atoms with Gasteiger partial charge in [0.25, 0.3) is 5.91 Å². The predicted octanol–water partition coefficient (Wildman–Crippen LogP) is 4.83. The van der Waals surface area contributed by atoms with Gasteiger partial charge in [0.2, 0.25) is 5.13 Å². The number of nitrogens with one attached hydrogen (secondary N) is 1. The molecule has 1 amide bonds. The fourth-order valence-electron chi connectivity index (χ4n) is 3.08. The minimum Gasteiger partial charge on any atom is -0.497 e. The van der Waals surface area contributed by atoms with E-state index >= 15 is 0 Å². The lowest BCUT2D eigenvalue weighted by molar-refractivity contribution is 0.102. The van der Waals surface area contributed by atoms with Crippen LogP contribution in [0.25, 0.3) is 11.3 Å². The van der Waals surface area contributed by atoms with Crippen molar-refractivity contribution in [2.75, 3.05) is 12.4 Å². The zero-order valence-corrected chi connectivity index (χ0v) is 18.4. The number of ether oxygens (including phenoxy) is 1. The molecule has 4 rings (SSSR count). The van der Waals surface area contributed by atoms with Gasteiger partial charge in [-0.15, -0.1) is 10.2 Å². The Hall–Kier alpha value is -3.52. The molecule has 0 atom stereocenters. The molecule has 1 N–H and O–H groups in total. The predicted molar refractivity (Wildman–Crippen MR) is 122 cm³/mol. The lowest BCUT2D eigenvalue weighted by Gasteiger charge is -2.04. The molecule has 0 aliphatic heterocycles. The Labute approximate surface area is 184 Å². The van der Waals surface area contributed by atoms with Crippen molar-refractivity contribution in [3.63, 3.8) is 0 Å². The zero-order valence-electron chi connectivity index (χ0n) is 17.6. The van der Waals surface area contributed by atoms with Crippen molar-refractivity contribution in [1.82, 2.24) is 20.0 Å². The second-order valence-electron chi connectivity index (χ2n) is 7.36. The van der Waals surface area contributed by atoms with Crippen LogP contribution < -0.4 is 10.1 Å². The molecule has 4 aromatic rings. The van der Waals surface area contributed by atoms with Gasteiger partial charge in [-0.05, 0) is 29.8 Å². The number of methoxy groups -OCH3 is 1. The number of carbonyl (C=O) groups is 1. The fourth-order valence-corrected chi connectivity index (χ4v) is 3.82. The van der Waals surface area contributed by atoms with Gasteiger partial charge in [0.15, 0.2) is 0 Å². The summed E-state index contributed by atoms with van der Waals surface area (Å²) in [5, 5.41) is 17.2. The number of nitrogens with zero attached hydrogens (tertiary/aromatic N) is 4. The summed E-state index contributed by atoms with van der Waals surface area (Å²) in [5.41, 5.74) is 3.01. The second-order valence-corrected chi connectivity index (χ2v) is 8.37. The van der Waals surface area contributed by atoms with Crippen molar-refractivity contribution < 1.29 is 9.53 Å². The maximum Gasteiger partial charge on any atom is 0.261 e. The highest BCUT2D eigenvalue weighted by Crippen LogP contribution is 2.27. The topological polar surface area (TPSA) is 81.9 Å². The first-order valence-electron chi connectivity index (χ1n) is 9.94. The maximum atomic E-state index is 13.1. The summed E-state index contributed by atoms with van der Waals surface area (Å²) in [6.45, 7) is 4.65. The molecule has 7 nitrogen and oxygen atoms in total. The van der Waals surface area contributed by atoms with Gasteiger partial charge in [0.05, 0.1) is 19.2 Å². The van der Waals surface area contributed by atoms with Gasteiger partial charge in [-0.2, -0.15) is 5.10 Å². The highest BCUT2D eigenvalue weighted by atomic mass is 32.1. The number of carbonyl (C=O) groups excluding carboxylic acids is 1. The Balaban J connectivity index is 1.66. The molecule has 0 saturated heterocycles. The van der Waals surface area contributed by atoms with Gasteiger partial charge in [0.1, 0.15) is 16.5 Å². The second kappa shape index (κ2) is 9.09. The molecule has 158 valence electrons. The quantitative estimate of drug-likeness (QED) is 0.451. The molecule has 0 aliphatic carbocycles. The summed E-state index contributed by atoms with van der Waals surface area (Å²) in [4.78, 5) is 13.1. The van der Waals surface area contributed by atoms with E-state index in [1.54, 1.807) is 18.0 Å². The van der Waals surface area contributed by atoms with Crippen LogP contribution in [0.4, 0.5) is 5.13 Å². The van der Waals surface area contributed by atoms with Crippen LogP contribution in [0.5, 0.6) is 5.75 Å². The van der Waals surface area contributed by atoms with E-state index in [1.165, 1.54) is 11.3 Å². The molecule has 0 bridgehead atoms. The third-order valence-electron chi connectivity index (χ3n) is 4.71. The zero-order chi connectivity index (χ0) is 21.8. The van der Waals surface area contributed by atoms with Gasteiger partial charge in [-0.25, -0.2) is 0 Å². The first-order chi connectivity index (χ1) is 15.0. The van der Waals surface area contributed by atoms with Crippen molar-refractivity contribution in [1.29, 1.82) is 0 Å². The van der Waals surface area contributed by atoms with E-state index in [1.807, 2.05) is 68.4 Å². The number of hydrogen-bond donors (Lipinski definition) is 1. The number of benzene rings is 2. The summed E-state index contributed by atoms with van der Waals surface area (Å²) in [7, 11) is 1.62. The Bertz CT molecular complexity index is 1170. The molecular weight excluding hydrogens is 410 g/mol. The smallest absolute Gasteiger partial charge is 0.261 e. The summed E-state index contributed by atoms with van der Waals surface area (Å²) < 4.78 is 7.03. The minimum absolute atomic E-state index is 0.256. The first kappa shape index (κ1) is 20.7. The third kappa shape index (κ3) is 4.80. The van der Waals surface area contributed by atoms with Crippen molar-refractivity contribution in [3.8, 4) is 17.0 Å². The highest BCUT2D eigenvalue weighted by molar-refractivity contribution is 7.15. The normalized spacial score (nSPS) is 11.0. The van der Waals surface area contributed by atoms with Crippen LogP contribution in [0.2, 0.25) is 0 Å². The average molecular weight is 434 g/mol. The van der Waals surface area contributed by atoms with Crippen LogP contribution in [0.15, 0.2) is 60.8 Å². The standard InChI is InChI=1S/C23H23N5O2S/c1-15(2)22-25-26-23(31-22)24-21(29)19-14-28(13-16-7-5-4-6-8-16)27-20(19)17-9-11-18(30-3)12-10-17/h4-12,14-15H,13H2,1-3H3,(H,24,26,29). The van der Waals surface area contributed by atoms with Gasteiger partial charge in [0, 0.05) is 17.7 Å². The van der Waals surface area contributed by atoms with Crippen LogP contribution in [-0.2, 0) is 6.54 Å². The number of rotatable bonds is 7. The van der Waals surface area contributed by atoms with Crippen molar-refractivity contribution in [3.05, 3.63) is 76.9 Å². The number of aromatic nitrogens is 4. The molecule has 0 aliphatic rings. The number of hydrogen-bond acceptors (Lipinski definition) is 6. The molecule has 0 unspecified atom stereocenters. The van der Waals surface area contributed by atoms with Gasteiger partial charge < -0.3 is 4.74 Å². The van der Waals surface area contributed by atoms with Gasteiger partial charge in [-0.1, -0.05) is 55.5 Å². The van der Waals surface area contributed by atoms with Crippen molar-refractivity contribution in [2.24, 2.45) is 0 Å². The van der Waals surface area contributed by atoms with Crippen molar-refractivity contribution >= 4 is 22.4 Å². The molecular formula is C23H23N5O2S. The van der Waals surface area contributed by atoms with E-state index < -0.39 is 0 Å². The van der Waals surface area contributed by atoms with E-state index in [0.29, 0.717) is 22.9 Å². The number of anilines is 1. The SMILES string of the molecule is COc1ccc(-c2nn(Cc3ccccc3)cc2C(=O)Nc2nnc(C(C)C)s2)cc1. The van der Waals surface area contributed by atoms with E-state index in [4.69, 9.17) is 9.84 Å². The monoisotopic (exact) mass is 433 g/mol. The molecule has 8 heteroatoms. The van der Waals surface area contributed by atoms with Crippen LogP contribution in [0.1, 0.15) is 40.7 Å². The lowest BCUT2D eigenvalue weighted by atomic mass is 10.1. The van der Waals surface area contributed by atoms with E-state index in [0.717, 1.165) is 21.9 Å². The lowest BCUT2D eigenvalue weighted by Crippen LogP contribution is -2.12. The summed E-state index contributed by atoms with van der Waals surface area (Å²) in [6, 6.07) is 17.5. The van der Waals surface area contributed by atoms with E-state index in [9.17, 15) is 4.79 Å². The third-order valence-corrected chi connectivity index (χ3v) is 5.85. The van der Waals surface area contributed by atoms with E-state index in [-0.39, 0.29) is 11.8 Å². The van der Waals surface area contributed by atoms with Crippen LogP contribution in [0.3, 0.4) is 0 Å². The Morgan fingerprint density at radius 3 is 2.48 bits per heavy atom. The van der Waals surface area contributed by atoms with Gasteiger partial charge in [-0.3, -0.25) is 14.8 Å². The first-order valence-corrected chi connectivity index (χ1v) is 10.8. The summed E-state index contributed by atoms with van der Waals surface area (Å²) >= 11 is 1.38. The van der Waals surface area contributed by atoms with Crippen LogP contribution >= 0.6 is 11.3 Å².